The number of ether oxygens (including phenoxy) is 1. The summed E-state index contributed by atoms with van der Waals surface area (Å²) in [5, 5.41) is 2.16. The summed E-state index contributed by atoms with van der Waals surface area (Å²) in [6, 6.07) is -1.26. The molecule has 0 saturated heterocycles. The van der Waals surface area contributed by atoms with Crippen molar-refractivity contribution in [2.45, 2.75) is 31.4 Å². The third kappa shape index (κ3) is 4.25. The highest BCUT2D eigenvalue weighted by atomic mass is 19.4. The Hall–Kier alpha value is -0.990. The van der Waals surface area contributed by atoms with Gasteiger partial charge in [-0.3, -0.25) is 4.79 Å². The van der Waals surface area contributed by atoms with Gasteiger partial charge in [0, 0.05) is 0 Å². The van der Waals surface area contributed by atoms with Crippen LogP contribution in [0.5, 0.6) is 0 Å². The summed E-state index contributed by atoms with van der Waals surface area (Å²) in [5.74, 6) is -1.62. The SMILES string of the molecule is CNC(C)C(=O)OC(C(F)(F)F)C(F)(F)F. The molecule has 9 heteroatoms. The lowest BCUT2D eigenvalue weighted by molar-refractivity contribution is -0.313. The summed E-state index contributed by atoms with van der Waals surface area (Å²) in [6.07, 6.45) is -15.5. The summed E-state index contributed by atoms with van der Waals surface area (Å²) in [5.41, 5.74) is 0. The standard InChI is InChI=1S/C7H9F6NO2/c1-3(14-2)4(15)16-5(6(8,9)10)7(11,12)13/h3,5,14H,1-2H3. The molecule has 0 rings (SSSR count). The van der Waals surface area contributed by atoms with Gasteiger partial charge in [-0.1, -0.05) is 0 Å². The molecule has 0 aromatic heterocycles. The first-order chi connectivity index (χ1) is 7.00. The zero-order valence-corrected chi connectivity index (χ0v) is 8.24. The topological polar surface area (TPSA) is 38.3 Å². The van der Waals surface area contributed by atoms with Gasteiger partial charge < -0.3 is 10.1 Å². The first-order valence-corrected chi connectivity index (χ1v) is 4.01. The van der Waals surface area contributed by atoms with Crippen LogP contribution in [-0.4, -0.2) is 37.5 Å². The summed E-state index contributed by atoms with van der Waals surface area (Å²) in [6.45, 7) is 1.08. The third-order valence-corrected chi connectivity index (χ3v) is 1.62. The van der Waals surface area contributed by atoms with Gasteiger partial charge in [0.15, 0.2) is 0 Å². The molecule has 0 saturated carbocycles. The van der Waals surface area contributed by atoms with Crippen molar-refractivity contribution in [2.24, 2.45) is 0 Å². The molecular formula is C7H9F6NO2. The third-order valence-electron chi connectivity index (χ3n) is 1.62. The van der Waals surface area contributed by atoms with E-state index in [1.54, 1.807) is 0 Å². The quantitative estimate of drug-likeness (QED) is 0.613. The van der Waals surface area contributed by atoms with Crippen LogP contribution in [0.1, 0.15) is 6.92 Å². The molecule has 0 heterocycles. The zero-order chi connectivity index (χ0) is 13.1. The number of rotatable bonds is 3. The van der Waals surface area contributed by atoms with Gasteiger partial charge in [0.1, 0.15) is 6.04 Å². The molecule has 1 N–H and O–H groups in total. The maximum absolute atomic E-state index is 11.9. The molecule has 1 unspecified atom stereocenters. The lowest BCUT2D eigenvalue weighted by atomic mass is 10.3. The van der Waals surface area contributed by atoms with Crippen LogP contribution in [0.15, 0.2) is 0 Å². The predicted molar refractivity (Wildman–Crippen MR) is 40.5 cm³/mol. The van der Waals surface area contributed by atoms with Crippen LogP contribution in [-0.2, 0) is 9.53 Å². The molecule has 0 fully saturated rings. The first-order valence-electron chi connectivity index (χ1n) is 4.01. The second kappa shape index (κ2) is 4.89. The molecule has 0 bridgehead atoms. The van der Waals surface area contributed by atoms with Crippen LogP contribution in [0, 0.1) is 0 Å². The van der Waals surface area contributed by atoms with E-state index < -0.39 is 30.5 Å². The van der Waals surface area contributed by atoms with Gasteiger partial charge in [-0.05, 0) is 14.0 Å². The fraction of sp³-hybridized carbons (Fsp3) is 0.857. The normalized spacial score (nSPS) is 15.1. The first kappa shape index (κ1) is 15.0. The molecule has 0 aromatic rings. The Morgan fingerprint density at radius 1 is 1.12 bits per heavy atom. The smallest absolute Gasteiger partial charge is 0.434 e. The van der Waals surface area contributed by atoms with E-state index in [0.29, 0.717) is 0 Å². The van der Waals surface area contributed by atoms with E-state index in [4.69, 9.17) is 0 Å². The fourth-order valence-corrected chi connectivity index (χ4v) is 0.655. The Morgan fingerprint density at radius 2 is 1.50 bits per heavy atom. The van der Waals surface area contributed by atoms with Crippen molar-refractivity contribution in [1.82, 2.24) is 5.32 Å². The lowest BCUT2D eigenvalue weighted by Gasteiger charge is -2.24. The van der Waals surface area contributed by atoms with Crippen LogP contribution < -0.4 is 5.32 Å². The monoisotopic (exact) mass is 253 g/mol. The van der Waals surface area contributed by atoms with Crippen LogP contribution in [0.2, 0.25) is 0 Å². The van der Waals surface area contributed by atoms with Gasteiger partial charge >= 0.3 is 18.3 Å². The highest BCUT2D eigenvalue weighted by molar-refractivity contribution is 5.75. The van der Waals surface area contributed by atoms with Crippen molar-refractivity contribution < 1.29 is 35.9 Å². The second-order valence-corrected chi connectivity index (χ2v) is 2.91. The van der Waals surface area contributed by atoms with Crippen LogP contribution in [0.25, 0.3) is 0 Å². The van der Waals surface area contributed by atoms with Crippen molar-refractivity contribution in [3.63, 3.8) is 0 Å². The highest BCUT2D eigenvalue weighted by Crippen LogP contribution is 2.35. The summed E-state index contributed by atoms with van der Waals surface area (Å²) < 4.78 is 74.9. The van der Waals surface area contributed by atoms with Gasteiger partial charge in [-0.25, -0.2) is 0 Å². The van der Waals surface area contributed by atoms with Gasteiger partial charge in [-0.15, -0.1) is 0 Å². The number of likely N-dealkylation sites (N-methyl/N-ethyl adjacent to an activating group) is 1. The van der Waals surface area contributed by atoms with Crippen LogP contribution >= 0.6 is 0 Å². The van der Waals surface area contributed by atoms with E-state index in [1.165, 1.54) is 7.05 Å². The largest absolute Gasteiger partial charge is 0.442 e. The molecule has 0 spiro atoms. The molecule has 0 amide bonds. The number of hydrogen-bond acceptors (Lipinski definition) is 3. The number of nitrogens with one attached hydrogen (secondary N) is 1. The molecular weight excluding hydrogens is 244 g/mol. The predicted octanol–water partition coefficient (Wildman–Crippen LogP) is 1.63. The molecule has 96 valence electrons. The minimum atomic E-state index is -5.68. The van der Waals surface area contributed by atoms with Crippen molar-refractivity contribution >= 4 is 5.97 Å². The van der Waals surface area contributed by atoms with E-state index in [1.807, 2.05) is 0 Å². The molecule has 0 aliphatic heterocycles. The van der Waals surface area contributed by atoms with Gasteiger partial charge in [0.05, 0.1) is 0 Å². The van der Waals surface area contributed by atoms with Crippen LogP contribution in [0.3, 0.4) is 0 Å². The average molecular weight is 253 g/mol. The van der Waals surface area contributed by atoms with E-state index in [-0.39, 0.29) is 0 Å². The Morgan fingerprint density at radius 3 is 1.75 bits per heavy atom. The minimum absolute atomic E-state index is 1.08. The minimum Gasteiger partial charge on any atom is -0.442 e. The molecule has 16 heavy (non-hydrogen) atoms. The summed E-state index contributed by atoms with van der Waals surface area (Å²) in [7, 11) is 1.20. The fourth-order valence-electron chi connectivity index (χ4n) is 0.655. The van der Waals surface area contributed by atoms with Crippen molar-refractivity contribution in [1.29, 1.82) is 0 Å². The second-order valence-electron chi connectivity index (χ2n) is 2.91. The Labute approximate surface area is 86.7 Å². The molecule has 1 atom stereocenters. The van der Waals surface area contributed by atoms with E-state index in [2.05, 4.69) is 10.1 Å². The number of alkyl halides is 6. The Balaban J connectivity index is 4.78. The summed E-state index contributed by atoms with van der Waals surface area (Å²) >= 11 is 0. The lowest BCUT2D eigenvalue weighted by Crippen LogP contribution is -2.48. The molecule has 0 aromatic carbocycles. The van der Waals surface area contributed by atoms with Crippen molar-refractivity contribution in [3.8, 4) is 0 Å². The Kier molecular flexibility index (Phi) is 4.59. The maximum atomic E-state index is 11.9. The maximum Gasteiger partial charge on any atom is 0.434 e. The number of halogens is 6. The number of carbonyl (C=O) groups is 1. The average Bonchev–Trinajstić information content (AvgIpc) is 2.08. The van der Waals surface area contributed by atoms with Gasteiger partial charge in [-0.2, -0.15) is 26.3 Å². The summed E-state index contributed by atoms with van der Waals surface area (Å²) in [4.78, 5) is 10.8. The molecule has 3 nitrogen and oxygen atoms in total. The number of esters is 1. The number of carbonyl (C=O) groups excluding carboxylic acids is 1. The molecule has 0 radical (unpaired) electrons. The highest BCUT2D eigenvalue weighted by Gasteiger charge is 2.60. The van der Waals surface area contributed by atoms with E-state index in [9.17, 15) is 31.1 Å². The van der Waals surface area contributed by atoms with Gasteiger partial charge in [0.2, 0.25) is 0 Å². The van der Waals surface area contributed by atoms with Crippen molar-refractivity contribution in [3.05, 3.63) is 0 Å². The van der Waals surface area contributed by atoms with Crippen molar-refractivity contribution in [2.75, 3.05) is 7.05 Å². The molecule has 0 aliphatic carbocycles. The van der Waals surface area contributed by atoms with Gasteiger partial charge in [0.25, 0.3) is 6.10 Å². The molecule has 0 aliphatic rings. The van der Waals surface area contributed by atoms with Crippen LogP contribution in [0.4, 0.5) is 26.3 Å². The Bertz CT molecular complexity index is 234. The zero-order valence-electron chi connectivity index (χ0n) is 8.24. The number of hydrogen-bond donors (Lipinski definition) is 1. The van der Waals surface area contributed by atoms with E-state index >= 15 is 0 Å². The van der Waals surface area contributed by atoms with E-state index in [0.717, 1.165) is 6.92 Å².